The molecule has 10 nitrogen and oxygen atoms in total. The van der Waals surface area contributed by atoms with Crippen molar-refractivity contribution in [1.82, 2.24) is 20.2 Å². The highest BCUT2D eigenvalue weighted by Crippen LogP contribution is 2.34. The number of anilines is 1. The number of nitrogens with one attached hydrogen (secondary N) is 4. The van der Waals surface area contributed by atoms with E-state index in [1.54, 1.807) is 23.8 Å². The van der Waals surface area contributed by atoms with Crippen LogP contribution in [0.2, 0.25) is 0 Å². The molecule has 37 heavy (non-hydrogen) atoms. The van der Waals surface area contributed by atoms with Crippen molar-refractivity contribution in [2.45, 2.75) is 45.6 Å². The van der Waals surface area contributed by atoms with Crippen LogP contribution >= 0.6 is 0 Å². The molecule has 10 heteroatoms. The Kier molecular flexibility index (Phi) is 7.95. The van der Waals surface area contributed by atoms with E-state index in [9.17, 15) is 19.2 Å². The summed E-state index contributed by atoms with van der Waals surface area (Å²) in [5, 5.41) is 8.38. The van der Waals surface area contributed by atoms with Crippen molar-refractivity contribution in [2.75, 3.05) is 25.5 Å². The largest absolute Gasteiger partial charge is 0.496 e. The highest BCUT2D eigenvalue weighted by Gasteiger charge is 2.29. The number of amides is 3. The van der Waals surface area contributed by atoms with E-state index in [-0.39, 0.29) is 41.9 Å². The molecule has 0 saturated heterocycles. The van der Waals surface area contributed by atoms with E-state index >= 15 is 0 Å². The molecule has 0 aliphatic heterocycles. The molecule has 1 saturated carbocycles. The molecule has 0 spiro atoms. The van der Waals surface area contributed by atoms with Crippen LogP contribution < -0.4 is 26.4 Å². The second-order valence-electron chi connectivity index (χ2n) is 9.42. The SMILES string of the molecule is COc1cc(NC(=O)[C@H]2CC[C@@H](n3c(=O)[nH]c4c(C(=O)NCCNC(C)=O)cccc43)CC2)ccc1C. The van der Waals surface area contributed by atoms with E-state index in [0.29, 0.717) is 54.5 Å². The van der Waals surface area contributed by atoms with E-state index < -0.39 is 0 Å². The van der Waals surface area contributed by atoms with Crippen molar-refractivity contribution in [3.05, 3.63) is 58.0 Å². The number of aryl methyl sites for hydroxylation is 1. The average molecular weight is 508 g/mol. The molecule has 1 aliphatic rings. The fourth-order valence-corrected chi connectivity index (χ4v) is 4.95. The number of ether oxygens (including phenoxy) is 1. The van der Waals surface area contributed by atoms with Crippen molar-refractivity contribution in [3.8, 4) is 5.75 Å². The maximum Gasteiger partial charge on any atom is 0.326 e. The summed E-state index contributed by atoms with van der Waals surface area (Å²) in [4.78, 5) is 52.4. The van der Waals surface area contributed by atoms with Crippen LogP contribution in [0.3, 0.4) is 0 Å². The molecule has 2 aromatic carbocycles. The molecule has 1 fully saturated rings. The summed E-state index contributed by atoms with van der Waals surface area (Å²) < 4.78 is 7.05. The number of nitrogens with zero attached hydrogens (tertiary/aromatic N) is 1. The zero-order valence-corrected chi connectivity index (χ0v) is 21.3. The molecule has 1 heterocycles. The van der Waals surface area contributed by atoms with E-state index in [4.69, 9.17) is 4.74 Å². The average Bonchev–Trinajstić information content (AvgIpc) is 3.23. The number of imidazole rings is 1. The minimum absolute atomic E-state index is 0.0335. The summed E-state index contributed by atoms with van der Waals surface area (Å²) in [6.07, 6.45) is 2.66. The summed E-state index contributed by atoms with van der Waals surface area (Å²) >= 11 is 0. The molecule has 0 atom stereocenters. The zero-order valence-electron chi connectivity index (χ0n) is 21.3. The van der Waals surface area contributed by atoms with Crippen LogP contribution in [0.4, 0.5) is 5.69 Å². The molecular formula is C27H33N5O5. The highest BCUT2D eigenvalue weighted by atomic mass is 16.5. The van der Waals surface area contributed by atoms with Crippen molar-refractivity contribution < 1.29 is 19.1 Å². The first kappa shape index (κ1) is 26.0. The number of carbonyl (C=O) groups excluding carboxylic acids is 3. The molecular weight excluding hydrogens is 474 g/mol. The lowest BCUT2D eigenvalue weighted by Gasteiger charge is -2.28. The van der Waals surface area contributed by atoms with E-state index in [1.165, 1.54) is 6.92 Å². The van der Waals surface area contributed by atoms with Gasteiger partial charge in [-0.3, -0.25) is 19.0 Å². The summed E-state index contributed by atoms with van der Waals surface area (Å²) in [6.45, 7) is 3.96. The van der Waals surface area contributed by atoms with Gasteiger partial charge in [0.1, 0.15) is 5.75 Å². The molecule has 0 radical (unpaired) electrons. The molecule has 0 unspecified atom stereocenters. The van der Waals surface area contributed by atoms with Gasteiger partial charge in [-0.2, -0.15) is 0 Å². The van der Waals surface area contributed by atoms with Gasteiger partial charge in [-0.25, -0.2) is 4.79 Å². The molecule has 4 N–H and O–H groups in total. The van der Waals surface area contributed by atoms with Crippen molar-refractivity contribution in [2.24, 2.45) is 5.92 Å². The van der Waals surface area contributed by atoms with Crippen molar-refractivity contribution in [3.63, 3.8) is 0 Å². The number of carbonyl (C=O) groups is 3. The van der Waals surface area contributed by atoms with Gasteiger partial charge in [0.15, 0.2) is 0 Å². The first-order chi connectivity index (χ1) is 17.8. The van der Waals surface area contributed by atoms with E-state index in [2.05, 4.69) is 20.9 Å². The van der Waals surface area contributed by atoms with Crippen LogP contribution in [0, 0.1) is 12.8 Å². The van der Waals surface area contributed by atoms with Crippen LogP contribution in [0.25, 0.3) is 11.0 Å². The molecule has 3 amide bonds. The van der Waals surface area contributed by atoms with Gasteiger partial charge in [0, 0.05) is 43.7 Å². The molecule has 196 valence electrons. The third-order valence-electron chi connectivity index (χ3n) is 6.89. The Bertz CT molecular complexity index is 1370. The summed E-state index contributed by atoms with van der Waals surface area (Å²) in [6, 6.07) is 10.8. The zero-order chi connectivity index (χ0) is 26.5. The highest BCUT2D eigenvalue weighted by molar-refractivity contribution is 6.05. The van der Waals surface area contributed by atoms with Gasteiger partial charge in [0.2, 0.25) is 11.8 Å². The first-order valence-electron chi connectivity index (χ1n) is 12.5. The van der Waals surface area contributed by atoms with Gasteiger partial charge < -0.3 is 25.7 Å². The monoisotopic (exact) mass is 507 g/mol. The fourth-order valence-electron chi connectivity index (χ4n) is 4.95. The number of hydrogen-bond acceptors (Lipinski definition) is 5. The molecule has 3 aromatic rings. The van der Waals surface area contributed by atoms with E-state index in [1.807, 2.05) is 31.2 Å². The van der Waals surface area contributed by atoms with Crippen LogP contribution in [-0.4, -0.2) is 47.5 Å². The second-order valence-corrected chi connectivity index (χ2v) is 9.42. The lowest BCUT2D eigenvalue weighted by atomic mass is 9.85. The first-order valence-corrected chi connectivity index (χ1v) is 12.5. The predicted molar refractivity (Wildman–Crippen MR) is 141 cm³/mol. The summed E-state index contributed by atoms with van der Waals surface area (Å²) in [5.74, 6) is 0.0575. The van der Waals surface area contributed by atoms with Gasteiger partial charge in [0.05, 0.1) is 23.7 Å². The molecule has 1 aliphatic carbocycles. The summed E-state index contributed by atoms with van der Waals surface area (Å²) in [5.41, 5.74) is 2.95. The topological polar surface area (TPSA) is 134 Å². The Balaban J connectivity index is 1.42. The van der Waals surface area contributed by atoms with Crippen LogP contribution in [0.5, 0.6) is 5.75 Å². The Hall–Kier alpha value is -4.08. The smallest absolute Gasteiger partial charge is 0.326 e. The molecule has 0 bridgehead atoms. The van der Waals surface area contributed by atoms with Crippen molar-refractivity contribution in [1.29, 1.82) is 0 Å². The number of aromatic amines is 1. The standard InChI is InChI=1S/C27H33N5O5/c1-16-7-10-19(15-23(16)37-3)30-25(34)18-8-11-20(12-9-18)32-22-6-4-5-21(24(22)31-27(32)36)26(35)29-14-13-28-17(2)33/h4-7,10,15,18,20H,8-9,11-14H2,1-3H3,(H,28,33)(H,29,35)(H,30,34)(H,31,36)/t18-,20+. The minimum Gasteiger partial charge on any atom is -0.496 e. The predicted octanol–water partition coefficient (Wildman–Crippen LogP) is 2.88. The van der Waals surface area contributed by atoms with Crippen LogP contribution in [0.1, 0.15) is 54.6 Å². The number of hydrogen-bond donors (Lipinski definition) is 4. The normalized spacial score (nSPS) is 17.3. The van der Waals surface area contributed by atoms with Gasteiger partial charge in [-0.05, 0) is 56.4 Å². The lowest BCUT2D eigenvalue weighted by molar-refractivity contribution is -0.121. The Labute approximate surface area is 214 Å². The maximum absolute atomic E-state index is 12.9. The third kappa shape index (κ3) is 5.84. The number of H-pyrrole nitrogens is 1. The quantitative estimate of drug-likeness (QED) is 0.348. The third-order valence-corrected chi connectivity index (χ3v) is 6.89. The maximum atomic E-state index is 12.9. The Morgan fingerprint density at radius 3 is 2.49 bits per heavy atom. The second kappa shape index (κ2) is 11.3. The Morgan fingerprint density at radius 1 is 1.05 bits per heavy atom. The van der Waals surface area contributed by atoms with Crippen LogP contribution in [-0.2, 0) is 9.59 Å². The van der Waals surface area contributed by atoms with Crippen LogP contribution in [0.15, 0.2) is 41.2 Å². The molecule has 4 rings (SSSR count). The van der Waals surface area contributed by atoms with Crippen molar-refractivity contribution >= 4 is 34.4 Å². The van der Waals surface area contributed by atoms with Gasteiger partial charge >= 0.3 is 5.69 Å². The van der Waals surface area contributed by atoms with Gasteiger partial charge in [0.25, 0.3) is 5.91 Å². The fraction of sp³-hybridized carbons (Fsp3) is 0.407. The number of methoxy groups -OCH3 is 1. The summed E-state index contributed by atoms with van der Waals surface area (Å²) in [7, 11) is 1.60. The number of aromatic nitrogens is 2. The van der Waals surface area contributed by atoms with E-state index in [0.717, 1.165) is 11.3 Å². The lowest BCUT2D eigenvalue weighted by Crippen LogP contribution is -2.33. The number of benzene rings is 2. The Morgan fingerprint density at radius 2 is 1.78 bits per heavy atom. The number of fused-ring (bicyclic) bond motifs is 1. The number of rotatable bonds is 8. The minimum atomic E-state index is -0.322. The van der Waals surface area contributed by atoms with Gasteiger partial charge in [-0.15, -0.1) is 0 Å². The number of para-hydroxylation sites is 1. The van der Waals surface area contributed by atoms with Gasteiger partial charge in [-0.1, -0.05) is 12.1 Å². The molecule has 1 aromatic heterocycles.